The SMILES string of the molecule is CCCc1ccc(F)[c-]c1F.[Ti+3].c1cc[cH-]c1.c1cc[cH-]c1. The van der Waals surface area contributed by atoms with E-state index in [0.29, 0.717) is 12.0 Å². The molecule has 3 aromatic rings. The number of aryl methyl sites for hydroxylation is 1. The third kappa shape index (κ3) is 9.43. The third-order valence-electron chi connectivity index (χ3n) is 2.57. The molecule has 0 aliphatic rings. The van der Waals surface area contributed by atoms with Crippen molar-refractivity contribution < 1.29 is 30.5 Å². The fraction of sp³-hybridized carbons (Fsp3) is 0.158. The maximum absolute atomic E-state index is 12.7. The van der Waals surface area contributed by atoms with Crippen LogP contribution in [0.25, 0.3) is 0 Å². The van der Waals surface area contributed by atoms with E-state index in [-0.39, 0.29) is 21.7 Å². The first-order valence-corrected chi connectivity index (χ1v) is 6.93. The van der Waals surface area contributed by atoms with Crippen LogP contribution in [-0.4, -0.2) is 0 Å². The molecular formula is C19H19F2Ti. The zero-order valence-electron chi connectivity index (χ0n) is 12.6. The molecule has 0 spiro atoms. The van der Waals surface area contributed by atoms with Gasteiger partial charge in [0.2, 0.25) is 0 Å². The van der Waals surface area contributed by atoms with Crippen LogP contribution < -0.4 is 0 Å². The van der Waals surface area contributed by atoms with Crippen molar-refractivity contribution in [3.05, 3.63) is 96.1 Å². The van der Waals surface area contributed by atoms with Crippen LogP contribution in [0.5, 0.6) is 0 Å². The van der Waals surface area contributed by atoms with Crippen molar-refractivity contribution in [3.63, 3.8) is 0 Å². The van der Waals surface area contributed by atoms with Crippen LogP contribution >= 0.6 is 0 Å². The van der Waals surface area contributed by atoms with Crippen molar-refractivity contribution in [2.75, 3.05) is 0 Å². The predicted molar refractivity (Wildman–Crippen MR) is 83.3 cm³/mol. The van der Waals surface area contributed by atoms with Gasteiger partial charge in [-0.2, -0.15) is 42.5 Å². The van der Waals surface area contributed by atoms with Crippen molar-refractivity contribution >= 4 is 0 Å². The summed E-state index contributed by atoms with van der Waals surface area (Å²) < 4.78 is 25.0. The van der Waals surface area contributed by atoms with Crippen LogP contribution in [0.1, 0.15) is 18.9 Å². The second-order valence-corrected chi connectivity index (χ2v) is 4.32. The molecule has 3 rings (SSSR count). The van der Waals surface area contributed by atoms with Gasteiger partial charge >= 0.3 is 21.7 Å². The zero-order chi connectivity index (χ0) is 15.3. The van der Waals surface area contributed by atoms with Gasteiger partial charge < -0.3 is 0 Å². The third-order valence-corrected chi connectivity index (χ3v) is 2.57. The molecule has 0 atom stereocenters. The molecule has 113 valence electrons. The molecule has 3 heteroatoms. The summed E-state index contributed by atoms with van der Waals surface area (Å²) in [6, 6.07) is 24.7. The molecule has 0 unspecified atom stereocenters. The average Bonchev–Trinajstić information content (AvgIpc) is 3.20. The van der Waals surface area contributed by atoms with Crippen molar-refractivity contribution in [1.82, 2.24) is 0 Å². The Kier molecular flexibility index (Phi) is 12.3. The maximum atomic E-state index is 12.7. The average molecular weight is 333 g/mol. The number of hydrogen-bond donors (Lipinski definition) is 0. The van der Waals surface area contributed by atoms with Crippen LogP contribution in [-0.2, 0) is 28.1 Å². The van der Waals surface area contributed by atoms with Gasteiger partial charge in [0.05, 0.1) is 0 Å². The molecule has 0 aliphatic heterocycles. The van der Waals surface area contributed by atoms with E-state index in [2.05, 4.69) is 0 Å². The Morgan fingerprint density at radius 2 is 1.41 bits per heavy atom. The first-order chi connectivity index (χ1) is 10.2. The Morgan fingerprint density at radius 3 is 1.73 bits per heavy atom. The van der Waals surface area contributed by atoms with E-state index in [1.165, 1.54) is 12.1 Å². The van der Waals surface area contributed by atoms with Gasteiger partial charge in [-0.25, -0.2) is 33.0 Å². The maximum Gasteiger partial charge on any atom is 3.00 e. The fourth-order valence-corrected chi connectivity index (χ4v) is 1.58. The van der Waals surface area contributed by atoms with Crippen molar-refractivity contribution in [2.24, 2.45) is 0 Å². The van der Waals surface area contributed by atoms with Crippen molar-refractivity contribution in [2.45, 2.75) is 19.8 Å². The molecule has 0 saturated heterocycles. The van der Waals surface area contributed by atoms with Gasteiger partial charge in [0, 0.05) is 11.6 Å². The van der Waals surface area contributed by atoms with Crippen molar-refractivity contribution in [3.8, 4) is 0 Å². The molecule has 0 aromatic heterocycles. The monoisotopic (exact) mass is 333 g/mol. The van der Waals surface area contributed by atoms with E-state index in [1.807, 2.05) is 73.7 Å². The molecule has 0 fully saturated rings. The molecular weight excluding hydrogens is 314 g/mol. The Hall–Kier alpha value is -1.51. The Labute approximate surface area is 146 Å². The molecule has 0 bridgehead atoms. The summed E-state index contributed by atoms with van der Waals surface area (Å²) in [4.78, 5) is 0. The van der Waals surface area contributed by atoms with Crippen LogP contribution in [0.2, 0.25) is 0 Å². The second kappa shape index (κ2) is 13.2. The van der Waals surface area contributed by atoms with Gasteiger partial charge in [-0.3, -0.25) is 0 Å². The minimum Gasteiger partial charge on any atom is -0.236 e. The summed E-state index contributed by atoms with van der Waals surface area (Å²) >= 11 is 0. The van der Waals surface area contributed by atoms with Crippen LogP contribution in [0.3, 0.4) is 0 Å². The van der Waals surface area contributed by atoms with Gasteiger partial charge in [0.15, 0.2) is 0 Å². The Bertz CT molecular complexity index is 496. The van der Waals surface area contributed by atoms with Crippen LogP contribution in [0, 0.1) is 17.7 Å². The number of benzene rings is 1. The van der Waals surface area contributed by atoms with E-state index in [1.54, 1.807) is 0 Å². The summed E-state index contributed by atoms with van der Waals surface area (Å²) in [5.41, 5.74) is 0.536. The van der Waals surface area contributed by atoms with Gasteiger partial charge in [-0.15, -0.1) is 17.7 Å². The molecule has 0 heterocycles. The smallest absolute Gasteiger partial charge is 0.236 e. The number of halogens is 2. The van der Waals surface area contributed by atoms with Gasteiger partial charge in [0.25, 0.3) is 0 Å². The minimum atomic E-state index is -0.637. The van der Waals surface area contributed by atoms with Crippen LogP contribution in [0.4, 0.5) is 8.78 Å². The van der Waals surface area contributed by atoms with E-state index >= 15 is 0 Å². The summed E-state index contributed by atoms with van der Waals surface area (Å²) in [5, 5.41) is 0. The Morgan fingerprint density at radius 1 is 0.909 bits per heavy atom. The first kappa shape index (κ1) is 20.5. The van der Waals surface area contributed by atoms with Gasteiger partial charge in [-0.05, 0) is 0 Å². The van der Waals surface area contributed by atoms with E-state index in [9.17, 15) is 8.78 Å². The molecule has 0 N–H and O–H groups in total. The zero-order valence-corrected chi connectivity index (χ0v) is 14.2. The predicted octanol–water partition coefficient (Wildman–Crippen LogP) is 5.53. The fourth-order valence-electron chi connectivity index (χ4n) is 1.58. The van der Waals surface area contributed by atoms with Crippen molar-refractivity contribution in [1.29, 1.82) is 0 Å². The molecule has 0 amide bonds. The molecule has 0 saturated carbocycles. The van der Waals surface area contributed by atoms with Gasteiger partial charge in [0.1, 0.15) is 0 Å². The van der Waals surface area contributed by atoms with Gasteiger partial charge in [-0.1, -0.05) is 19.8 Å². The quantitative estimate of drug-likeness (QED) is 0.427. The summed E-state index contributed by atoms with van der Waals surface area (Å²) in [7, 11) is 0. The van der Waals surface area contributed by atoms with Crippen LogP contribution in [0.15, 0.2) is 72.8 Å². The first-order valence-electron chi connectivity index (χ1n) is 6.93. The summed E-state index contributed by atoms with van der Waals surface area (Å²) in [5.74, 6) is -1.20. The summed E-state index contributed by atoms with van der Waals surface area (Å²) in [6.45, 7) is 1.95. The van der Waals surface area contributed by atoms with E-state index in [4.69, 9.17) is 0 Å². The Balaban J connectivity index is 0.000000334. The van der Waals surface area contributed by atoms with E-state index < -0.39 is 11.6 Å². The minimum absolute atomic E-state index is 0. The molecule has 0 aliphatic carbocycles. The molecule has 3 aromatic carbocycles. The number of hydrogen-bond acceptors (Lipinski definition) is 0. The normalized spacial score (nSPS) is 8.68. The molecule has 0 nitrogen and oxygen atoms in total. The second-order valence-electron chi connectivity index (χ2n) is 4.32. The number of rotatable bonds is 2. The largest absolute Gasteiger partial charge is 3.00 e. The molecule has 22 heavy (non-hydrogen) atoms. The molecule has 1 radical (unpaired) electrons. The van der Waals surface area contributed by atoms with E-state index in [0.717, 1.165) is 6.42 Å². The standard InChI is InChI=1S/C9H9F2.2C5H5.Ti/c1-2-3-7-4-5-8(10)6-9(7)11;2*1-2-4-5-3-1;/h4-5H,2-3H2,1H3;2*1-5H;/q3*-1;+3. The topological polar surface area (TPSA) is 0 Å². The summed E-state index contributed by atoms with van der Waals surface area (Å²) in [6.07, 6.45) is 1.50.